The number of carbonyl (C=O) groups is 1. The Morgan fingerprint density at radius 1 is 1.59 bits per heavy atom. The van der Waals surface area contributed by atoms with Crippen LogP contribution in [0.25, 0.3) is 0 Å². The molecule has 0 saturated heterocycles. The van der Waals surface area contributed by atoms with Gasteiger partial charge in [0.15, 0.2) is 0 Å². The maximum absolute atomic E-state index is 11.9. The number of pyridine rings is 1. The maximum atomic E-state index is 11.9. The molecule has 0 unspecified atom stereocenters. The summed E-state index contributed by atoms with van der Waals surface area (Å²) in [6.45, 7) is 1.83. The Morgan fingerprint density at radius 2 is 2.29 bits per heavy atom. The minimum absolute atomic E-state index is 0.150. The smallest absolute Gasteiger partial charge is 0.255 e. The number of hydrogen-bond donors (Lipinski definition) is 2. The predicted molar refractivity (Wildman–Crippen MR) is 61.7 cm³/mol. The summed E-state index contributed by atoms with van der Waals surface area (Å²) in [5.41, 5.74) is 0.150. The van der Waals surface area contributed by atoms with Gasteiger partial charge < -0.3 is 10.6 Å². The molecular formula is C10H12ClF2N3O. The van der Waals surface area contributed by atoms with Crippen molar-refractivity contribution in [1.82, 2.24) is 10.3 Å². The largest absolute Gasteiger partial charge is 0.369 e. The molecule has 0 spiro atoms. The summed E-state index contributed by atoms with van der Waals surface area (Å²) >= 11 is 5.86. The standard InChI is InChI=1S/C10H12ClF2N3O/c1-2-14-9-7(11)3-6(4-15-9)10(17)16-5-8(12)13/h3-4,8H,2,5H2,1H3,(H,14,15)(H,16,17). The first-order valence-electron chi connectivity index (χ1n) is 5.00. The van der Waals surface area contributed by atoms with Crippen molar-refractivity contribution >= 4 is 23.3 Å². The molecule has 0 bridgehead atoms. The van der Waals surface area contributed by atoms with Crippen molar-refractivity contribution < 1.29 is 13.6 Å². The molecule has 7 heteroatoms. The Hall–Kier alpha value is -1.43. The zero-order valence-corrected chi connectivity index (χ0v) is 9.89. The fourth-order valence-electron chi connectivity index (χ4n) is 1.13. The van der Waals surface area contributed by atoms with Gasteiger partial charge in [-0.2, -0.15) is 0 Å². The van der Waals surface area contributed by atoms with E-state index in [0.29, 0.717) is 12.4 Å². The number of halogens is 3. The normalized spacial score (nSPS) is 10.4. The highest BCUT2D eigenvalue weighted by Crippen LogP contribution is 2.19. The van der Waals surface area contributed by atoms with Crippen molar-refractivity contribution in [3.05, 3.63) is 22.8 Å². The van der Waals surface area contributed by atoms with Gasteiger partial charge in [-0.1, -0.05) is 11.6 Å². The second-order valence-corrected chi connectivity index (χ2v) is 3.59. The topological polar surface area (TPSA) is 54.0 Å². The number of anilines is 1. The number of alkyl halides is 2. The van der Waals surface area contributed by atoms with Gasteiger partial charge in [0, 0.05) is 12.7 Å². The number of aromatic nitrogens is 1. The quantitative estimate of drug-likeness (QED) is 0.856. The highest BCUT2D eigenvalue weighted by Gasteiger charge is 2.11. The van der Waals surface area contributed by atoms with Gasteiger partial charge in [-0.05, 0) is 13.0 Å². The van der Waals surface area contributed by atoms with Crippen LogP contribution in [0.15, 0.2) is 12.3 Å². The third-order valence-electron chi connectivity index (χ3n) is 1.86. The van der Waals surface area contributed by atoms with Crippen LogP contribution in [0.2, 0.25) is 5.02 Å². The molecule has 4 nitrogen and oxygen atoms in total. The van der Waals surface area contributed by atoms with Crippen molar-refractivity contribution in [2.45, 2.75) is 13.3 Å². The van der Waals surface area contributed by atoms with Gasteiger partial charge in [0.05, 0.1) is 17.1 Å². The third kappa shape index (κ3) is 4.14. The van der Waals surface area contributed by atoms with Crippen molar-refractivity contribution in [2.24, 2.45) is 0 Å². The van der Waals surface area contributed by atoms with E-state index in [2.05, 4.69) is 15.6 Å². The maximum Gasteiger partial charge on any atom is 0.255 e. The molecule has 0 aliphatic carbocycles. The Kier molecular flexibility index (Phi) is 5.09. The van der Waals surface area contributed by atoms with E-state index in [1.807, 2.05) is 6.92 Å². The van der Waals surface area contributed by atoms with E-state index < -0.39 is 18.9 Å². The van der Waals surface area contributed by atoms with Crippen LogP contribution in [0.4, 0.5) is 14.6 Å². The fraction of sp³-hybridized carbons (Fsp3) is 0.400. The fourth-order valence-corrected chi connectivity index (χ4v) is 1.36. The molecule has 0 aliphatic rings. The Bertz CT molecular complexity index is 401. The van der Waals surface area contributed by atoms with Gasteiger partial charge >= 0.3 is 0 Å². The van der Waals surface area contributed by atoms with Gasteiger partial charge in [-0.25, -0.2) is 13.8 Å². The molecule has 1 aromatic heterocycles. The Morgan fingerprint density at radius 3 is 2.82 bits per heavy atom. The number of carbonyl (C=O) groups excluding carboxylic acids is 1. The summed E-state index contributed by atoms with van der Waals surface area (Å²) in [5, 5.41) is 5.24. The predicted octanol–water partition coefficient (Wildman–Crippen LogP) is 2.16. The van der Waals surface area contributed by atoms with Crippen molar-refractivity contribution in [3.8, 4) is 0 Å². The van der Waals surface area contributed by atoms with Crippen LogP contribution in [-0.2, 0) is 0 Å². The van der Waals surface area contributed by atoms with Gasteiger partial charge in [0.25, 0.3) is 12.3 Å². The van der Waals surface area contributed by atoms with Gasteiger partial charge in [0.1, 0.15) is 5.82 Å². The molecule has 0 radical (unpaired) electrons. The minimum atomic E-state index is -2.58. The average molecular weight is 264 g/mol. The second-order valence-electron chi connectivity index (χ2n) is 3.19. The van der Waals surface area contributed by atoms with Gasteiger partial charge in [0.2, 0.25) is 0 Å². The zero-order chi connectivity index (χ0) is 12.8. The lowest BCUT2D eigenvalue weighted by Crippen LogP contribution is -2.28. The van der Waals surface area contributed by atoms with Gasteiger partial charge in [-0.3, -0.25) is 4.79 Å². The highest BCUT2D eigenvalue weighted by molar-refractivity contribution is 6.33. The summed E-state index contributed by atoms with van der Waals surface area (Å²) in [7, 11) is 0. The van der Waals surface area contributed by atoms with Gasteiger partial charge in [-0.15, -0.1) is 0 Å². The average Bonchev–Trinajstić information content (AvgIpc) is 2.28. The summed E-state index contributed by atoms with van der Waals surface area (Å²) in [5.74, 6) is -0.165. The molecule has 2 N–H and O–H groups in total. The molecular weight excluding hydrogens is 252 g/mol. The molecule has 0 atom stereocenters. The number of rotatable bonds is 5. The molecule has 0 aliphatic heterocycles. The lowest BCUT2D eigenvalue weighted by Gasteiger charge is -2.07. The van der Waals surface area contributed by atoms with E-state index in [-0.39, 0.29) is 10.6 Å². The summed E-state index contributed by atoms with van der Waals surface area (Å²) < 4.78 is 23.8. The molecule has 1 heterocycles. The molecule has 1 amide bonds. The van der Waals surface area contributed by atoms with E-state index in [1.54, 1.807) is 0 Å². The monoisotopic (exact) mass is 263 g/mol. The summed E-state index contributed by atoms with van der Waals surface area (Å²) in [4.78, 5) is 15.3. The SMILES string of the molecule is CCNc1ncc(C(=O)NCC(F)F)cc1Cl. The number of nitrogens with one attached hydrogen (secondary N) is 2. The summed E-state index contributed by atoms with van der Waals surface area (Å²) in [6, 6.07) is 1.38. The molecule has 17 heavy (non-hydrogen) atoms. The molecule has 1 rings (SSSR count). The minimum Gasteiger partial charge on any atom is -0.369 e. The number of nitrogens with zero attached hydrogens (tertiary/aromatic N) is 1. The van der Waals surface area contributed by atoms with Crippen molar-refractivity contribution in [3.63, 3.8) is 0 Å². The second kappa shape index (κ2) is 6.34. The first kappa shape index (κ1) is 13.6. The van der Waals surface area contributed by atoms with Crippen LogP contribution in [-0.4, -0.2) is 30.4 Å². The first-order valence-corrected chi connectivity index (χ1v) is 5.38. The lowest BCUT2D eigenvalue weighted by atomic mass is 10.2. The van der Waals surface area contributed by atoms with Crippen LogP contribution in [0.5, 0.6) is 0 Å². The lowest BCUT2D eigenvalue weighted by molar-refractivity contribution is 0.0891. The number of hydrogen-bond acceptors (Lipinski definition) is 3. The van der Waals surface area contributed by atoms with Crippen molar-refractivity contribution in [1.29, 1.82) is 0 Å². The van der Waals surface area contributed by atoms with Crippen LogP contribution in [0.1, 0.15) is 17.3 Å². The third-order valence-corrected chi connectivity index (χ3v) is 2.15. The molecule has 94 valence electrons. The molecule has 0 saturated carbocycles. The van der Waals surface area contributed by atoms with Crippen LogP contribution in [0, 0.1) is 0 Å². The van der Waals surface area contributed by atoms with E-state index in [9.17, 15) is 13.6 Å². The first-order chi connectivity index (χ1) is 8.04. The Balaban J connectivity index is 2.72. The van der Waals surface area contributed by atoms with Crippen LogP contribution >= 0.6 is 11.6 Å². The highest BCUT2D eigenvalue weighted by atomic mass is 35.5. The molecule has 0 aromatic carbocycles. The molecule has 1 aromatic rings. The summed E-state index contributed by atoms with van der Waals surface area (Å²) in [6.07, 6.45) is -1.30. The molecule has 0 fully saturated rings. The van der Waals surface area contributed by atoms with E-state index in [4.69, 9.17) is 11.6 Å². The van der Waals surface area contributed by atoms with Crippen LogP contribution < -0.4 is 10.6 Å². The number of amides is 1. The Labute approximate surface area is 102 Å². The zero-order valence-electron chi connectivity index (χ0n) is 9.14. The van der Waals surface area contributed by atoms with E-state index in [1.165, 1.54) is 12.3 Å². The van der Waals surface area contributed by atoms with E-state index >= 15 is 0 Å². The van der Waals surface area contributed by atoms with Crippen molar-refractivity contribution in [2.75, 3.05) is 18.4 Å². The van der Waals surface area contributed by atoms with Crippen LogP contribution in [0.3, 0.4) is 0 Å². The van der Waals surface area contributed by atoms with E-state index in [0.717, 1.165) is 0 Å².